The molecule has 0 saturated carbocycles. The van der Waals surface area contributed by atoms with E-state index < -0.39 is 0 Å². The van der Waals surface area contributed by atoms with Crippen molar-refractivity contribution in [1.82, 2.24) is 9.66 Å². The molecule has 0 fully saturated rings. The van der Waals surface area contributed by atoms with Gasteiger partial charge in [-0.1, -0.05) is 60.7 Å². The van der Waals surface area contributed by atoms with Gasteiger partial charge < -0.3 is 14.8 Å². The van der Waals surface area contributed by atoms with Crippen LogP contribution in [-0.2, 0) is 4.79 Å². The van der Waals surface area contributed by atoms with Crippen molar-refractivity contribution in [2.45, 2.75) is 6.92 Å². The monoisotopic (exact) mass is 674 g/mol. The van der Waals surface area contributed by atoms with E-state index in [0.717, 1.165) is 5.56 Å². The molecule has 5 aromatic rings. The number of carbonyl (C=O) groups is 1. The van der Waals surface area contributed by atoms with Crippen LogP contribution >= 0.6 is 31.9 Å². The van der Waals surface area contributed by atoms with Crippen molar-refractivity contribution in [1.29, 1.82) is 0 Å². The molecule has 1 heterocycles. The quantitative estimate of drug-likeness (QED) is 0.172. The molecule has 0 aliphatic carbocycles. The average Bonchev–Trinajstić information content (AvgIpc) is 2.99. The summed E-state index contributed by atoms with van der Waals surface area (Å²) >= 11 is 7.16. The Morgan fingerprint density at radius 1 is 0.951 bits per heavy atom. The topological polar surface area (TPSA) is 94.8 Å². The van der Waals surface area contributed by atoms with Gasteiger partial charge in [0, 0.05) is 21.3 Å². The van der Waals surface area contributed by atoms with Crippen molar-refractivity contribution in [3.63, 3.8) is 0 Å². The number of nitrogens with one attached hydrogen (secondary N) is 1. The Hall–Kier alpha value is -4.28. The molecule has 0 bridgehead atoms. The Morgan fingerprint density at radius 3 is 2.37 bits per heavy atom. The van der Waals surface area contributed by atoms with Gasteiger partial charge in [-0.15, -0.1) is 0 Å². The van der Waals surface area contributed by atoms with Gasteiger partial charge in [-0.25, -0.2) is 4.98 Å². The van der Waals surface area contributed by atoms with Crippen LogP contribution in [0.2, 0.25) is 0 Å². The third-order valence-electron chi connectivity index (χ3n) is 5.96. The third-order valence-corrected chi connectivity index (χ3v) is 8.10. The summed E-state index contributed by atoms with van der Waals surface area (Å²) in [5.41, 5.74) is 2.32. The summed E-state index contributed by atoms with van der Waals surface area (Å²) < 4.78 is 14.1. The summed E-state index contributed by atoms with van der Waals surface area (Å²) in [5, 5.41) is 7.81. The maximum atomic E-state index is 13.5. The highest BCUT2D eigenvalue weighted by molar-refractivity contribution is 9.13. The number of carbonyl (C=O) groups excluding carboxylic acids is 1. The molecule has 1 aromatic heterocycles. The largest absolute Gasteiger partial charge is 0.490 e. The second-order valence-corrected chi connectivity index (χ2v) is 10.3. The first-order valence-corrected chi connectivity index (χ1v) is 14.3. The minimum Gasteiger partial charge on any atom is -0.490 e. The number of hydrogen-bond acceptors (Lipinski definition) is 6. The minimum atomic E-state index is -0.316. The van der Waals surface area contributed by atoms with Gasteiger partial charge in [0.05, 0.1) is 28.2 Å². The maximum Gasteiger partial charge on any atom is 0.282 e. The van der Waals surface area contributed by atoms with Crippen molar-refractivity contribution in [2.75, 3.05) is 18.5 Å². The van der Waals surface area contributed by atoms with E-state index >= 15 is 0 Å². The molecule has 0 saturated heterocycles. The van der Waals surface area contributed by atoms with Crippen molar-refractivity contribution < 1.29 is 14.3 Å². The summed E-state index contributed by atoms with van der Waals surface area (Å²) in [7, 11) is 0. The lowest BCUT2D eigenvalue weighted by atomic mass is 10.2. The van der Waals surface area contributed by atoms with Gasteiger partial charge in [0.1, 0.15) is 0 Å². The van der Waals surface area contributed by atoms with E-state index in [9.17, 15) is 9.59 Å². The fourth-order valence-electron chi connectivity index (χ4n) is 4.08. The number of amides is 1. The van der Waals surface area contributed by atoms with Crippen molar-refractivity contribution in [3.05, 3.63) is 116 Å². The van der Waals surface area contributed by atoms with E-state index in [1.165, 1.54) is 4.68 Å². The number of benzene rings is 4. The number of fused-ring (bicyclic) bond motifs is 1. The molecule has 1 amide bonds. The maximum absolute atomic E-state index is 13.5. The fraction of sp³-hybridized carbons (Fsp3) is 0.0968. The summed E-state index contributed by atoms with van der Waals surface area (Å²) in [4.78, 5) is 30.7. The second-order valence-electron chi connectivity index (χ2n) is 8.74. The molecule has 0 radical (unpaired) electrons. The highest BCUT2D eigenvalue weighted by Crippen LogP contribution is 2.42. The van der Waals surface area contributed by atoms with E-state index in [0.29, 0.717) is 55.0 Å². The Morgan fingerprint density at radius 2 is 1.63 bits per heavy atom. The number of halogens is 2. The van der Waals surface area contributed by atoms with Crippen LogP contribution in [0.15, 0.2) is 110 Å². The number of nitrogens with zero attached hydrogens (tertiary/aromatic N) is 3. The van der Waals surface area contributed by atoms with Gasteiger partial charge in [0.2, 0.25) is 0 Å². The lowest BCUT2D eigenvalue weighted by molar-refractivity contribution is -0.118. The Bertz CT molecular complexity index is 1790. The zero-order valence-corrected chi connectivity index (χ0v) is 25.1. The number of rotatable bonds is 9. The summed E-state index contributed by atoms with van der Waals surface area (Å²) in [5.74, 6) is 0.858. The molecule has 0 aliphatic rings. The minimum absolute atomic E-state index is 0.230. The predicted molar refractivity (Wildman–Crippen MR) is 168 cm³/mol. The second kappa shape index (κ2) is 12.9. The smallest absolute Gasteiger partial charge is 0.282 e. The third kappa shape index (κ3) is 6.39. The van der Waals surface area contributed by atoms with Crippen LogP contribution in [0.1, 0.15) is 12.5 Å². The molecular formula is C31H24Br2N4O4. The molecule has 0 spiro atoms. The first-order valence-electron chi connectivity index (χ1n) is 12.7. The molecule has 5 rings (SSSR count). The molecule has 41 heavy (non-hydrogen) atoms. The van der Waals surface area contributed by atoms with Gasteiger partial charge >= 0.3 is 0 Å². The Labute approximate surface area is 252 Å². The zero-order valence-electron chi connectivity index (χ0n) is 21.9. The van der Waals surface area contributed by atoms with Gasteiger partial charge in [-0.3, -0.25) is 9.59 Å². The lowest BCUT2D eigenvalue weighted by Crippen LogP contribution is -2.21. The first-order chi connectivity index (χ1) is 20.0. The highest BCUT2D eigenvalue weighted by Gasteiger charge is 2.19. The van der Waals surface area contributed by atoms with Crippen LogP contribution in [0.5, 0.6) is 11.5 Å². The Kier molecular flexibility index (Phi) is 8.91. The molecule has 206 valence electrons. The molecule has 1 N–H and O–H groups in total. The van der Waals surface area contributed by atoms with Crippen molar-refractivity contribution in [2.24, 2.45) is 5.10 Å². The summed E-state index contributed by atoms with van der Waals surface area (Å²) in [6.45, 7) is 1.98. The van der Waals surface area contributed by atoms with Crippen molar-refractivity contribution >= 4 is 60.6 Å². The standard InChI is InChI=1S/C31H24Br2N4O4/c1-2-40-25-17-21(27(32)28(33)29(25)41-19-26(38)35-22-13-7-4-8-14-22)18-34-37-30(20-11-5-3-6-12-20)36-24-16-10-9-15-23(24)31(37)39/h3-18H,2,19H2,1H3,(H,35,38). The Balaban J connectivity index is 1.50. The first kappa shape index (κ1) is 28.3. The van der Waals surface area contributed by atoms with E-state index in [-0.39, 0.29) is 18.1 Å². The molecule has 0 atom stereocenters. The van der Waals surface area contributed by atoms with Crippen LogP contribution in [0, 0.1) is 0 Å². The van der Waals surface area contributed by atoms with Crippen LogP contribution in [0.25, 0.3) is 22.3 Å². The predicted octanol–water partition coefficient (Wildman–Crippen LogP) is 6.89. The molecule has 8 nitrogen and oxygen atoms in total. The van der Waals surface area contributed by atoms with Crippen molar-refractivity contribution in [3.8, 4) is 22.9 Å². The zero-order chi connectivity index (χ0) is 28.8. The van der Waals surface area contributed by atoms with Crippen LogP contribution < -0.4 is 20.3 Å². The molecular weight excluding hydrogens is 652 g/mol. The van der Waals surface area contributed by atoms with Crippen LogP contribution in [0.3, 0.4) is 0 Å². The van der Waals surface area contributed by atoms with E-state index in [2.05, 4.69) is 42.3 Å². The van der Waals surface area contributed by atoms with E-state index in [4.69, 9.17) is 14.5 Å². The molecule has 0 unspecified atom stereocenters. The summed E-state index contributed by atoms with van der Waals surface area (Å²) in [6.07, 6.45) is 1.55. The van der Waals surface area contributed by atoms with Gasteiger partial charge in [-0.2, -0.15) is 9.78 Å². The van der Waals surface area contributed by atoms with E-state index in [1.807, 2.05) is 61.5 Å². The highest BCUT2D eigenvalue weighted by atomic mass is 79.9. The molecule has 4 aromatic carbocycles. The fourth-order valence-corrected chi connectivity index (χ4v) is 5.01. The molecule has 10 heteroatoms. The van der Waals surface area contributed by atoms with Gasteiger partial charge in [0.25, 0.3) is 11.5 Å². The van der Waals surface area contributed by atoms with Crippen LogP contribution in [-0.4, -0.2) is 35.0 Å². The van der Waals surface area contributed by atoms with E-state index in [1.54, 1.807) is 42.6 Å². The normalized spacial score (nSPS) is 11.1. The number of anilines is 1. The molecule has 0 aliphatic heterocycles. The number of aromatic nitrogens is 2. The SMILES string of the molecule is CCOc1cc(C=Nn2c(-c3ccccc3)nc3ccccc3c2=O)c(Br)c(Br)c1OCC(=O)Nc1ccccc1. The van der Waals surface area contributed by atoms with Gasteiger partial charge in [0.15, 0.2) is 23.9 Å². The average molecular weight is 676 g/mol. The summed E-state index contributed by atoms with van der Waals surface area (Å²) in [6, 6.07) is 27.4. The number of hydrogen-bond donors (Lipinski definition) is 1. The number of para-hydroxylation sites is 2. The van der Waals surface area contributed by atoms with Crippen LogP contribution in [0.4, 0.5) is 5.69 Å². The van der Waals surface area contributed by atoms with Gasteiger partial charge in [-0.05, 0) is 69.1 Å². The lowest BCUT2D eigenvalue weighted by Gasteiger charge is -2.16. The number of ether oxygens (including phenoxy) is 2.